The lowest BCUT2D eigenvalue weighted by molar-refractivity contribution is 0.0292. The number of carbonyl (C=O) groups is 1. The van der Waals surface area contributed by atoms with Gasteiger partial charge in [0.1, 0.15) is 24.9 Å². The maximum absolute atomic E-state index is 12.7. The van der Waals surface area contributed by atoms with Gasteiger partial charge in [-0.2, -0.15) is 9.61 Å². The van der Waals surface area contributed by atoms with Crippen molar-refractivity contribution >= 4 is 56.3 Å². The molecule has 1 aliphatic heterocycles. The van der Waals surface area contributed by atoms with Crippen molar-refractivity contribution in [2.75, 3.05) is 44.7 Å². The summed E-state index contributed by atoms with van der Waals surface area (Å²) in [7, 11) is -2.40. The molecule has 1 unspecified atom stereocenters. The zero-order valence-corrected chi connectivity index (χ0v) is 29.5. The van der Waals surface area contributed by atoms with Crippen LogP contribution in [0.3, 0.4) is 0 Å². The Labute approximate surface area is 250 Å². The van der Waals surface area contributed by atoms with Gasteiger partial charge in [0, 0.05) is 54.4 Å². The van der Waals surface area contributed by atoms with E-state index in [-0.39, 0.29) is 12.0 Å². The molecule has 0 N–H and O–H groups in total. The number of anilines is 1. The molecule has 0 bridgehead atoms. The smallest absolute Gasteiger partial charge is 0.410 e. The lowest BCUT2D eigenvalue weighted by Gasteiger charge is -2.27. The molecule has 12 heteroatoms. The molecular weight excluding hydrogens is 641 g/mol. The Morgan fingerprint density at radius 1 is 1.08 bits per heavy atom. The van der Waals surface area contributed by atoms with Crippen LogP contribution in [0.15, 0.2) is 12.3 Å². The molecule has 1 aliphatic rings. The van der Waals surface area contributed by atoms with Crippen molar-refractivity contribution in [1.82, 2.24) is 19.5 Å². The number of halogens is 1. The lowest BCUT2D eigenvalue weighted by atomic mass is 10.0. The molecule has 220 valence electrons. The Hall–Kier alpha value is -1.23. The molecule has 3 heterocycles. The summed E-state index contributed by atoms with van der Waals surface area (Å²) in [5.74, 6) is 1.02. The van der Waals surface area contributed by atoms with E-state index < -0.39 is 21.7 Å². The van der Waals surface area contributed by atoms with Crippen LogP contribution in [-0.2, 0) is 14.2 Å². The highest BCUT2D eigenvalue weighted by Crippen LogP contribution is 2.31. The molecule has 0 radical (unpaired) electrons. The molecule has 1 atom stereocenters. The number of hydrogen-bond acceptors (Lipinski definition) is 7. The van der Waals surface area contributed by atoms with E-state index in [9.17, 15) is 4.79 Å². The molecule has 1 saturated heterocycles. The average Bonchev–Trinajstić information content (AvgIpc) is 3.43. The largest absolute Gasteiger partial charge is 0.444 e. The standard InChI is InChI=1S/C27H48IN5O4Si2/c1-27(2,3)37-26(34)31-11-10-21(18-31)23-16-24(33-25(30-23)22(28)17-29-33)32(19-35-12-14-38(4,5)6)20-36-13-15-39(7,8)9/h16-17,21H,10-15,18-20H2,1-9H3. The van der Waals surface area contributed by atoms with Gasteiger partial charge in [-0.25, -0.2) is 9.78 Å². The van der Waals surface area contributed by atoms with Gasteiger partial charge in [-0.1, -0.05) is 39.3 Å². The van der Waals surface area contributed by atoms with Crippen LogP contribution in [0.25, 0.3) is 5.65 Å². The van der Waals surface area contributed by atoms with Gasteiger partial charge in [-0.15, -0.1) is 0 Å². The summed E-state index contributed by atoms with van der Waals surface area (Å²) >= 11 is 2.29. The van der Waals surface area contributed by atoms with Crippen LogP contribution in [0.4, 0.5) is 10.6 Å². The van der Waals surface area contributed by atoms with Crippen LogP contribution in [0.2, 0.25) is 51.4 Å². The third-order valence-corrected chi connectivity index (χ3v) is 10.7. The second-order valence-electron chi connectivity index (χ2n) is 13.9. The van der Waals surface area contributed by atoms with Gasteiger partial charge in [0.15, 0.2) is 5.65 Å². The van der Waals surface area contributed by atoms with Crippen molar-refractivity contribution in [2.24, 2.45) is 0 Å². The van der Waals surface area contributed by atoms with Crippen molar-refractivity contribution < 1.29 is 19.0 Å². The van der Waals surface area contributed by atoms with Crippen molar-refractivity contribution in [3.8, 4) is 0 Å². The van der Waals surface area contributed by atoms with Crippen LogP contribution in [-0.4, -0.2) is 87.1 Å². The molecular formula is C27H48IN5O4Si2. The Kier molecular flexibility index (Phi) is 10.9. The first-order valence-electron chi connectivity index (χ1n) is 13.9. The number of amides is 1. The number of carbonyl (C=O) groups excluding carboxylic acids is 1. The average molecular weight is 690 g/mol. The summed E-state index contributed by atoms with van der Waals surface area (Å²) in [6.45, 7) is 23.4. The monoisotopic (exact) mass is 689 g/mol. The summed E-state index contributed by atoms with van der Waals surface area (Å²) in [5, 5.41) is 4.65. The number of nitrogens with zero attached hydrogens (tertiary/aromatic N) is 5. The van der Waals surface area contributed by atoms with Crippen LogP contribution >= 0.6 is 22.6 Å². The summed E-state index contributed by atoms with van der Waals surface area (Å²) in [6, 6.07) is 4.32. The van der Waals surface area contributed by atoms with Gasteiger partial charge in [0.05, 0.1) is 15.5 Å². The zero-order valence-electron chi connectivity index (χ0n) is 25.3. The highest BCUT2D eigenvalue weighted by molar-refractivity contribution is 14.1. The number of likely N-dealkylation sites (tertiary alicyclic amines) is 1. The molecule has 0 aromatic carbocycles. The van der Waals surface area contributed by atoms with Gasteiger partial charge in [-0.05, 0) is 61.9 Å². The first-order chi connectivity index (χ1) is 18.0. The summed E-state index contributed by atoms with van der Waals surface area (Å²) in [4.78, 5) is 21.6. The maximum atomic E-state index is 12.7. The summed E-state index contributed by atoms with van der Waals surface area (Å²) in [6.07, 6.45) is 2.42. The summed E-state index contributed by atoms with van der Waals surface area (Å²) < 4.78 is 20.9. The molecule has 9 nitrogen and oxygen atoms in total. The van der Waals surface area contributed by atoms with Crippen LogP contribution < -0.4 is 4.90 Å². The van der Waals surface area contributed by atoms with Gasteiger partial charge < -0.3 is 24.0 Å². The van der Waals surface area contributed by atoms with Crippen LogP contribution in [0, 0.1) is 3.57 Å². The second kappa shape index (κ2) is 13.2. The maximum Gasteiger partial charge on any atom is 0.410 e. The number of rotatable bonds is 12. The van der Waals surface area contributed by atoms with Crippen LogP contribution in [0.1, 0.15) is 38.8 Å². The summed E-state index contributed by atoms with van der Waals surface area (Å²) in [5.41, 5.74) is 1.25. The first-order valence-corrected chi connectivity index (χ1v) is 22.4. The minimum absolute atomic E-state index is 0.120. The predicted molar refractivity (Wildman–Crippen MR) is 171 cm³/mol. The Bertz CT molecular complexity index is 1090. The van der Waals surface area contributed by atoms with E-state index in [0.29, 0.717) is 26.6 Å². The first kappa shape index (κ1) is 32.3. The topological polar surface area (TPSA) is 81.4 Å². The molecule has 0 saturated carbocycles. The molecule has 3 rings (SSSR count). The fourth-order valence-corrected chi connectivity index (χ4v) is 6.13. The van der Waals surface area contributed by atoms with Gasteiger partial charge in [-0.3, -0.25) is 0 Å². The predicted octanol–water partition coefficient (Wildman–Crippen LogP) is 6.49. The number of hydrogen-bond donors (Lipinski definition) is 0. The highest BCUT2D eigenvalue weighted by Gasteiger charge is 2.32. The SMILES string of the molecule is CC(C)(C)OC(=O)N1CCC(c2cc(N(COCC[Si](C)(C)C)COCC[Si](C)(C)C)n3ncc(I)c3n2)C1. The third-order valence-electron chi connectivity index (χ3n) is 6.50. The van der Waals surface area contributed by atoms with E-state index in [2.05, 4.69) is 77.9 Å². The zero-order chi connectivity index (χ0) is 29.0. The van der Waals surface area contributed by atoms with Gasteiger partial charge in [0.2, 0.25) is 0 Å². The van der Waals surface area contributed by atoms with E-state index in [1.54, 1.807) is 4.90 Å². The minimum Gasteiger partial charge on any atom is -0.444 e. The Balaban J connectivity index is 1.84. The third kappa shape index (κ3) is 10.3. The van der Waals surface area contributed by atoms with E-state index in [0.717, 1.165) is 52.5 Å². The molecule has 0 spiro atoms. The molecule has 39 heavy (non-hydrogen) atoms. The molecule has 2 aromatic rings. The van der Waals surface area contributed by atoms with Gasteiger partial charge in [0.25, 0.3) is 0 Å². The number of ether oxygens (including phenoxy) is 3. The van der Waals surface area contributed by atoms with Crippen molar-refractivity contribution in [1.29, 1.82) is 0 Å². The van der Waals surface area contributed by atoms with E-state index in [1.165, 1.54) is 0 Å². The van der Waals surface area contributed by atoms with Crippen molar-refractivity contribution in [3.05, 3.63) is 21.5 Å². The second-order valence-corrected chi connectivity index (χ2v) is 26.3. The van der Waals surface area contributed by atoms with Crippen molar-refractivity contribution in [3.63, 3.8) is 0 Å². The Morgan fingerprint density at radius 3 is 2.21 bits per heavy atom. The lowest BCUT2D eigenvalue weighted by Crippen LogP contribution is -2.35. The molecule has 2 aromatic heterocycles. The normalized spacial score (nSPS) is 16.8. The van der Waals surface area contributed by atoms with Crippen LogP contribution in [0.5, 0.6) is 0 Å². The van der Waals surface area contributed by atoms with E-state index in [1.807, 2.05) is 31.5 Å². The van der Waals surface area contributed by atoms with E-state index in [4.69, 9.17) is 19.2 Å². The number of fused-ring (bicyclic) bond motifs is 1. The fraction of sp³-hybridized carbons (Fsp3) is 0.741. The van der Waals surface area contributed by atoms with E-state index >= 15 is 0 Å². The molecule has 1 amide bonds. The molecule has 0 aliphatic carbocycles. The number of aromatic nitrogens is 3. The Morgan fingerprint density at radius 2 is 1.67 bits per heavy atom. The quantitative estimate of drug-likeness (QED) is 0.109. The van der Waals surface area contributed by atoms with Crippen molar-refractivity contribution in [2.45, 2.75) is 90.1 Å². The minimum atomic E-state index is -1.20. The van der Waals surface area contributed by atoms with Gasteiger partial charge >= 0.3 is 6.09 Å². The highest BCUT2D eigenvalue weighted by atomic mass is 127. The molecule has 1 fully saturated rings. The fourth-order valence-electron chi connectivity index (χ4n) is 4.14.